The molecule has 1 heterocycles. The Balaban J connectivity index is 1.70. The second-order valence-corrected chi connectivity index (χ2v) is 4.50. The molecule has 0 bridgehead atoms. The molecule has 3 rings (SSSR count). The highest BCUT2D eigenvalue weighted by atomic mass is 16.1. The van der Waals surface area contributed by atoms with Crippen LogP contribution in [0.3, 0.4) is 0 Å². The van der Waals surface area contributed by atoms with Crippen molar-refractivity contribution in [3.8, 4) is 0 Å². The highest BCUT2D eigenvalue weighted by molar-refractivity contribution is 5.81. The standard InChI is InChI=1S/C12H14N2O/c13-12(15)11-9-6-14(7-10(9)11)8-4-2-1-3-5-8/h1-5,9-11H,6-7H2,(H2,13,15). The van der Waals surface area contributed by atoms with Gasteiger partial charge < -0.3 is 10.6 Å². The van der Waals surface area contributed by atoms with E-state index in [9.17, 15) is 4.79 Å². The fourth-order valence-electron chi connectivity index (χ4n) is 2.80. The summed E-state index contributed by atoms with van der Waals surface area (Å²) in [6.07, 6.45) is 0. The zero-order valence-corrected chi connectivity index (χ0v) is 8.47. The maximum absolute atomic E-state index is 11.0. The van der Waals surface area contributed by atoms with Gasteiger partial charge in [-0.2, -0.15) is 0 Å². The second-order valence-electron chi connectivity index (χ2n) is 4.50. The predicted octanol–water partition coefficient (Wildman–Crippen LogP) is 0.854. The van der Waals surface area contributed by atoms with Gasteiger partial charge in [-0.05, 0) is 24.0 Å². The molecule has 2 N–H and O–H groups in total. The zero-order valence-electron chi connectivity index (χ0n) is 8.47. The molecule has 1 saturated heterocycles. The fourth-order valence-corrected chi connectivity index (χ4v) is 2.80. The van der Waals surface area contributed by atoms with Crippen molar-refractivity contribution in [1.82, 2.24) is 0 Å². The number of carbonyl (C=O) groups is 1. The van der Waals surface area contributed by atoms with Crippen molar-refractivity contribution in [3.63, 3.8) is 0 Å². The quantitative estimate of drug-likeness (QED) is 0.773. The van der Waals surface area contributed by atoms with E-state index >= 15 is 0 Å². The van der Waals surface area contributed by atoms with Crippen LogP contribution in [-0.2, 0) is 4.79 Å². The molecule has 2 fully saturated rings. The first-order chi connectivity index (χ1) is 7.27. The van der Waals surface area contributed by atoms with Gasteiger partial charge in [-0.1, -0.05) is 18.2 Å². The first-order valence-electron chi connectivity index (χ1n) is 5.36. The molecule has 1 saturated carbocycles. The molecule has 2 unspecified atom stereocenters. The Morgan fingerprint density at radius 2 is 1.80 bits per heavy atom. The van der Waals surface area contributed by atoms with Gasteiger partial charge in [0.2, 0.25) is 5.91 Å². The lowest BCUT2D eigenvalue weighted by atomic mass is 10.2. The van der Waals surface area contributed by atoms with Gasteiger partial charge in [0.25, 0.3) is 0 Å². The van der Waals surface area contributed by atoms with E-state index in [-0.39, 0.29) is 11.8 Å². The Morgan fingerprint density at radius 1 is 1.20 bits per heavy atom. The maximum atomic E-state index is 11.0. The topological polar surface area (TPSA) is 46.3 Å². The summed E-state index contributed by atoms with van der Waals surface area (Å²) in [5.74, 6) is 1.08. The van der Waals surface area contributed by atoms with Gasteiger partial charge in [-0.3, -0.25) is 4.79 Å². The van der Waals surface area contributed by atoms with Crippen LogP contribution < -0.4 is 10.6 Å². The van der Waals surface area contributed by atoms with Crippen molar-refractivity contribution in [2.24, 2.45) is 23.5 Å². The van der Waals surface area contributed by atoms with E-state index in [1.807, 2.05) is 18.2 Å². The van der Waals surface area contributed by atoms with Crippen molar-refractivity contribution in [2.45, 2.75) is 0 Å². The van der Waals surface area contributed by atoms with Crippen molar-refractivity contribution < 1.29 is 4.79 Å². The Kier molecular flexibility index (Phi) is 1.75. The third-order valence-corrected chi connectivity index (χ3v) is 3.64. The van der Waals surface area contributed by atoms with Gasteiger partial charge in [-0.25, -0.2) is 0 Å². The zero-order chi connectivity index (χ0) is 10.4. The normalized spacial score (nSPS) is 32.5. The number of anilines is 1. The minimum atomic E-state index is -0.113. The SMILES string of the molecule is NC(=O)C1C2CN(c3ccccc3)CC21. The van der Waals surface area contributed by atoms with Crippen LogP contribution in [-0.4, -0.2) is 19.0 Å². The van der Waals surface area contributed by atoms with E-state index in [0.717, 1.165) is 13.1 Å². The third kappa shape index (κ3) is 1.30. The number of hydrogen-bond donors (Lipinski definition) is 1. The summed E-state index contributed by atoms with van der Waals surface area (Å²) in [7, 11) is 0. The molecule has 3 heteroatoms. The number of primary amides is 1. The van der Waals surface area contributed by atoms with Gasteiger partial charge >= 0.3 is 0 Å². The van der Waals surface area contributed by atoms with E-state index < -0.39 is 0 Å². The lowest BCUT2D eigenvalue weighted by Crippen LogP contribution is -2.28. The van der Waals surface area contributed by atoms with Crippen molar-refractivity contribution in [3.05, 3.63) is 30.3 Å². The Bertz CT molecular complexity index is 378. The van der Waals surface area contributed by atoms with Crippen LogP contribution in [0.1, 0.15) is 0 Å². The number of amides is 1. The average Bonchev–Trinajstić information content (AvgIpc) is 2.77. The van der Waals surface area contributed by atoms with Gasteiger partial charge in [0.1, 0.15) is 0 Å². The minimum Gasteiger partial charge on any atom is -0.371 e. The molecule has 2 aliphatic rings. The maximum Gasteiger partial charge on any atom is 0.221 e. The molecule has 0 radical (unpaired) electrons. The van der Waals surface area contributed by atoms with Crippen molar-refractivity contribution >= 4 is 11.6 Å². The summed E-state index contributed by atoms with van der Waals surface area (Å²) < 4.78 is 0. The smallest absolute Gasteiger partial charge is 0.221 e. The number of para-hydroxylation sites is 1. The predicted molar refractivity (Wildman–Crippen MR) is 58.3 cm³/mol. The molecular formula is C12H14N2O. The van der Waals surface area contributed by atoms with Crippen LogP contribution >= 0.6 is 0 Å². The first-order valence-corrected chi connectivity index (χ1v) is 5.36. The minimum absolute atomic E-state index is 0.113. The van der Waals surface area contributed by atoms with Crippen LogP contribution in [0, 0.1) is 17.8 Å². The second kappa shape index (κ2) is 2.99. The van der Waals surface area contributed by atoms with Crippen LogP contribution in [0.25, 0.3) is 0 Å². The molecule has 1 aliphatic heterocycles. The van der Waals surface area contributed by atoms with Crippen molar-refractivity contribution in [2.75, 3.05) is 18.0 Å². The molecule has 1 aromatic carbocycles. The lowest BCUT2D eigenvalue weighted by Gasteiger charge is -2.21. The largest absolute Gasteiger partial charge is 0.371 e. The number of nitrogens with two attached hydrogens (primary N) is 1. The molecule has 1 aromatic rings. The highest BCUT2D eigenvalue weighted by Gasteiger charge is 2.58. The molecule has 3 nitrogen and oxygen atoms in total. The van der Waals surface area contributed by atoms with Crippen LogP contribution in [0.2, 0.25) is 0 Å². The number of hydrogen-bond acceptors (Lipinski definition) is 2. The average molecular weight is 202 g/mol. The summed E-state index contributed by atoms with van der Waals surface area (Å²) in [5, 5.41) is 0. The van der Waals surface area contributed by atoms with Gasteiger partial charge in [0.15, 0.2) is 0 Å². The van der Waals surface area contributed by atoms with E-state index in [4.69, 9.17) is 5.73 Å². The van der Waals surface area contributed by atoms with Crippen LogP contribution in [0.4, 0.5) is 5.69 Å². The van der Waals surface area contributed by atoms with Gasteiger partial charge in [0.05, 0.1) is 0 Å². The van der Waals surface area contributed by atoms with Crippen LogP contribution in [0.5, 0.6) is 0 Å². The Morgan fingerprint density at radius 3 is 2.33 bits per heavy atom. The first kappa shape index (κ1) is 8.77. The lowest BCUT2D eigenvalue weighted by molar-refractivity contribution is -0.119. The van der Waals surface area contributed by atoms with Gasteiger partial charge in [-0.15, -0.1) is 0 Å². The monoisotopic (exact) mass is 202 g/mol. The van der Waals surface area contributed by atoms with E-state index in [1.54, 1.807) is 0 Å². The molecule has 78 valence electrons. The molecule has 1 amide bonds. The Labute approximate surface area is 88.9 Å². The number of fused-ring (bicyclic) bond motifs is 1. The molecule has 1 aliphatic carbocycles. The number of nitrogens with zero attached hydrogens (tertiary/aromatic N) is 1. The number of carbonyl (C=O) groups excluding carboxylic acids is 1. The molecule has 15 heavy (non-hydrogen) atoms. The molecule has 2 atom stereocenters. The summed E-state index contributed by atoms with van der Waals surface area (Å²) in [6.45, 7) is 1.98. The van der Waals surface area contributed by atoms with E-state index in [1.165, 1.54) is 5.69 Å². The van der Waals surface area contributed by atoms with E-state index in [2.05, 4.69) is 17.0 Å². The summed E-state index contributed by atoms with van der Waals surface area (Å²) in [6, 6.07) is 10.3. The molecular weight excluding hydrogens is 188 g/mol. The molecule has 0 aromatic heterocycles. The van der Waals surface area contributed by atoms with Gasteiger partial charge in [0, 0.05) is 24.7 Å². The number of rotatable bonds is 2. The van der Waals surface area contributed by atoms with E-state index in [0.29, 0.717) is 11.8 Å². The van der Waals surface area contributed by atoms with Crippen molar-refractivity contribution in [1.29, 1.82) is 0 Å². The fraction of sp³-hybridized carbons (Fsp3) is 0.417. The summed E-state index contributed by atoms with van der Waals surface area (Å²) in [4.78, 5) is 13.4. The highest BCUT2D eigenvalue weighted by Crippen LogP contribution is 2.52. The summed E-state index contributed by atoms with van der Waals surface area (Å²) >= 11 is 0. The number of piperidine rings is 1. The molecule has 0 spiro atoms. The Hall–Kier alpha value is -1.51. The number of benzene rings is 1. The third-order valence-electron chi connectivity index (χ3n) is 3.64. The summed E-state index contributed by atoms with van der Waals surface area (Å²) in [5.41, 5.74) is 6.57. The van der Waals surface area contributed by atoms with Crippen LogP contribution in [0.15, 0.2) is 30.3 Å².